The summed E-state index contributed by atoms with van der Waals surface area (Å²) >= 11 is 0. The van der Waals surface area contributed by atoms with E-state index in [4.69, 9.17) is 0 Å². The van der Waals surface area contributed by atoms with E-state index in [-0.39, 0.29) is 0 Å². The molecule has 0 aliphatic rings. The lowest BCUT2D eigenvalue weighted by Crippen LogP contribution is -1.91. The van der Waals surface area contributed by atoms with Crippen LogP contribution in [0, 0.1) is 6.92 Å². The van der Waals surface area contributed by atoms with Crippen LogP contribution >= 0.6 is 0 Å². The fraction of sp³-hybridized carbons (Fsp3) is 0.182. The van der Waals surface area contributed by atoms with Gasteiger partial charge in [-0.25, -0.2) is 0 Å². The van der Waals surface area contributed by atoms with E-state index in [1.165, 1.54) is 11.6 Å². The summed E-state index contributed by atoms with van der Waals surface area (Å²) in [6, 6.07) is 7.73. The van der Waals surface area contributed by atoms with Gasteiger partial charge in [-0.1, -0.05) is 36.4 Å². The number of aliphatic hydroxyl groups excluding tert-OH is 1. The second-order valence-electron chi connectivity index (χ2n) is 2.73. The molecule has 0 aliphatic heterocycles. The van der Waals surface area contributed by atoms with E-state index in [9.17, 15) is 5.11 Å². The van der Waals surface area contributed by atoms with Crippen molar-refractivity contribution < 1.29 is 5.11 Å². The first-order valence-electron chi connectivity index (χ1n) is 3.84. The Bertz CT molecular complexity index is 291. The highest BCUT2D eigenvalue weighted by Crippen LogP contribution is 2.13. The van der Waals surface area contributed by atoms with Crippen molar-refractivity contribution in [2.75, 3.05) is 0 Å². The highest BCUT2D eigenvalue weighted by Gasteiger charge is 2.00. The molecule has 1 N–H and O–H groups in total. The van der Waals surface area contributed by atoms with Gasteiger partial charge in [0.2, 0.25) is 0 Å². The number of rotatable bonds is 2. The molecule has 0 spiro atoms. The molecule has 0 bridgehead atoms. The fourth-order valence-electron chi connectivity index (χ4n) is 0.971. The van der Waals surface area contributed by atoms with Crippen LogP contribution in [-0.2, 0) is 0 Å². The van der Waals surface area contributed by atoms with Crippen molar-refractivity contribution in [3.8, 4) is 0 Å². The molecule has 0 aliphatic carbocycles. The molecule has 62 valence electrons. The number of hydrogen-bond donors (Lipinski definition) is 1. The van der Waals surface area contributed by atoms with E-state index in [1.807, 2.05) is 31.2 Å². The molecule has 0 fully saturated rings. The van der Waals surface area contributed by atoms with Crippen LogP contribution in [0.3, 0.4) is 0 Å². The topological polar surface area (TPSA) is 20.2 Å². The summed E-state index contributed by atoms with van der Waals surface area (Å²) in [7, 11) is 0. The summed E-state index contributed by atoms with van der Waals surface area (Å²) in [5, 5.41) is 9.45. The highest BCUT2D eigenvalue weighted by molar-refractivity contribution is 5.25. The quantitative estimate of drug-likeness (QED) is 0.658. The number of hydrogen-bond acceptors (Lipinski definition) is 1. The van der Waals surface area contributed by atoms with Crippen LogP contribution in [-0.4, -0.2) is 5.11 Å². The summed E-state index contributed by atoms with van der Waals surface area (Å²) < 4.78 is 0. The van der Waals surface area contributed by atoms with Crippen LogP contribution < -0.4 is 0 Å². The molecule has 1 rings (SSSR count). The average Bonchev–Trinajstić information content (AvgIpc) is 2.06. The van der Waals surface area contributed by atoms with Crippen LogP contribution in [0.1, 0.15) is 17.2 Å². The molecular weight excluding hydrogens is 148 g/mol. The predicted molar refractivity (Wildman–Crippen MR) is 49.8 cm³/mol. The summed E-state index contributed by atoms with van der Waals surface area (Å²) in [6.45, 7) is 5.42. The average molecular weight is 160 g/mol. The zero-order valence-electron chi connectivity index (χ0n) is 7.12. The molecule has 0 amide bonds. The molecule has 0 radical (unpaired) electrons. The second kappa shape index (κ2) is 3.91. The summed E-state index contributed by atoms with van der Waals surface area (Å²) in [6.07, 6.45) is 0.952. The van der Waals surface area contributed by atoms with Gasteiger partial charge in [-0.2, -0.15) is 0 Å². The van der Waals surface area contributed by atoms with Gasteiger partial charge >= 0.3 is 0 Å². The van der Waals surface area contributed by atoms with E-state index in [2.05, 4.69) is 12.3 Å². The lowest BCUT2D eigenvalue weighted by atomic mass is 10.1. The van der Waals surface area contributed by atoms with Crippen LogP contribution in [0.25, 0.3) is 0 Å². The predicted octanol–water partition coefficient (Wildman–Crippen LogP) is 2.37. The third-order valence-electron chi connectivity index (χ3n) is 1.69. The molecular formula is C11H12O. The van der Waals surface area contributed by atoms with Crippen molar-refractivity contribution in [1.82, 2.24) is 0 Å². The highest BCUT2D eigenvalue weighted by atomic mass is 16.3. The monoisotopic (exact) mass is 160 g/mol. The van der Waals surface area contributed by atoms with Gasteiger partial charge in [0.15, 0.2) is 0 Å². The second-order valence-corrected chi connectivity index (χ2v) is 2.73. The molecule has 0 saturated carbocycles. The van der Waals surface area contributed by atoms with Crippen LogP contribution in [0.2, 0.25) is 0 Å². The molecule has 1 nitrogen and oxygen atoms in total. The van der Waals surface area contributed by atoms with E-state index in [1.54, 1.807) is 0 Å². The van der Waals surface area contributed by atoms with Gasteiger partial charge in [-0.05, 0) is 18.6 Å². The van der Waals surface area contributed by atoms with Gasteiger partial charge in [0.25, 0.3) is 0 Å². The van der Waals surface area contributed by atoms with Crippen molar-refractivity contribution in [2.45, 2.75) is 13.0 Å². The Labute approximate surface area is 72.7 Å². The lowest BCUT2D eigenvalue weighted by molar-refractivity contribution is 0.229. The maximum absolute atomic E-state index is 9.45. The van der Waals surface area contributed by atoms with Crippen molar-refractivity contribution in [1.29, 1.82) is 0 Å². The normalized spacial score (nSPS) is 11.8. The van der Waals surface area contributed by atoms with Gasteiger partial charge < -0.3 is 5.11 Å². The minimum absolute atomic E-state index is 0.580. The summed E-state index contributed by atoms with van der Waals surface area (Å²) in [5.41, 5.74) is 4.62. The lowest BCUT2D eigenvalue weighted by Gasteiger charge is -2.04. The molecule has 1 heteroatoms. The Morgan fingerprint density at radius 2 is 2.00 bits per heavy atom. The van der Waals surface area contributed by atoms with Gasteiger partial charge in [0.1, 0.15) is 6.10 Å². The molecule has 0 saturated heterocycles. The van der Waals surface area contributed by atoms with Crippen LogP contribution in [0.4, 0.5) is 0 Å². The van der Waals surface area contributed by atoms with Crippen molar-refractivity contribution in [3.05, 3.63) is 53.8 Å². The van der Waals surface area contributed by atoms with Gasteiger partial charge in [0, 0.05) is 0 Å². The van der Waals surface area contributed by atoms with E-state index >= 15 is 0 Å². The standard InChI is InChI=1S/C11H12O/c1-3-4-11(12)10-7-5-9(2)6-8-10/h4-8,11-12H,1H2,2H3. The Hall–Kier alpha value is -1.30. The zero-order chi connectivity index (χ0) is 8.97. The molecule has 0 heterocycles. The Morgan fingerprint density at radius 1 is 1.42 bits per heavy atom. The van der Waals surface area contributed by atoms with Crippen molar-refractivity contribution >= 4 is 0 Å². The molecule has 0 aromatic heterocycles. The summed E-state index contributed by atoms with van der Waals surface area (Å²) in [4.78, 5) is 0. The first-order valence-corrected chi connectivity index (χ1v) is 3.84. The number of aryl methyl sites for hydroxylation is 1. The molecule has 1 atom stereocenters. The third-order valence-corrected chi connectivity index (χ3v) is 1.69. The van der Waals surface area contributed by atoms with Gasteiger partial charge in [-0.3, -0.25) is 0 Å². The minimum Gasteiger partial charge on any atom is -0.384 e. The van der Waals surface area contributed by atoms with Crippen molar-refractivity contribution in [3.63, 3.8) is 0 Å². The maximum Gasteiger partial charge on any atom is 0.104 e. The molecule has 1 aromatic rings. The maximum atomic E-state index is 9.45. The first kappa shape index (κ1) is 8.79. The Morgan fingerprint density at radius 3 is 2.50 bits per heavy atom. The fourth-order valence-corrected chi connectivity index (χ4v) is 0.971. The number of benzene rings is 1. The third kappa shape index (κ3) is 2.09. The molecule has 1 unspecified atom stereocenters. The van der Waals surface area contributed by atoms with Gasteiger partial charge in [0.05, 0.1) is 0 Å². The van der Waals surface area contributed by atoms with E-state index in [0.717, 1.165) is 5.56 Å². The molecule has 1 aromatic carbocycles. The van der Waals surface area contributed by atoms with Crippen LogP contribution in [0.15, 0.2) is 42.7 Å². The van der Waals surface area contributed by atoms with E-state index < -0.39 is 6.10 Å². The Kier molecular flexibility index (Phi) is 2.87. The SMILES string of the molecule is C=C=CC(O)c1ccc(C)cc1. The largest absolute Gasteiger partial charge is 0.384 e. The minimum atomic E-state index is -0.580. The van der Waals surface area contributed by atoms with Gasteiger partial charge in [-0.15, -0.1) is 5.73 Å². The molecule has 12 heavy (non-hydrogen) atoms. The van der Waals surface area contributed by atoms with Crippen molar-refractivity contribution in [2.24, 2.45) is 0 Å². The van der Waals surface area contributed by atoms with Crippen LogP contribution in [0.5, 0.6) is 0 Å². The first-order chi connectivity index (χ1) is 5.74. The zero-order valence-corrected chi connectivity index (χ0v) is 7.12. The van der Waals surface area contributed by atoms with E-state index in [0.29, 0.717) is 0 Å². The summed E-state index contributed by atoms with van der Waals surface area (Å²) in [5.74, 6) is 0. The number of aliphatic hydroxyl groups is 1. The smallest absolute Gasteiger partial charge is 0.104 e. The Balaban J connectivity index is 2.89.